The summed E-state index contributed by atoms with van der Waals surface area (Å²) < 4.78 is 0. The molecule has 1 aromatic heterocycles. The molecule has 0 amide bonds. The van der Waals surface area contributed by atoms with Gasteiger partial charge < -0.3 is 5.11 Å². The van der Waals surface area contributed by atoms with Crippen molar-refractivity contribution in [2.45, 2.75) is 25.7 Å². The average molecular weight is 377 g/mol. The van der Waals surface area contributed by atoms with E-state index in [0.29, 0.717) is 5.52 Å². The van der Waals surface area contributed by atoms with Crippen molar-refractivity contribution in [3.05, 3.63) is 102 Å². The Balaban J connectivity index is 0.000000142. The fraction of sp³-hybridized carbons (Fsp3) is 0.148. The van der Waals surface area contributed by atoms with E-state index in [4.69, 9.17) is 0 Å². The number of phenols is 1. The van der Waals surface area contributed by atoms with Crippen molar-refractivity contribution in [3.63, 3.8) is 0 Å². The first kappa shape index (κ1) is 17.7. The molecule has 2 nitrogen and oxygen atoms in total. The number of pyridine rings is 1. The Kier molecular flexibility index (Phi) is 4.61. The van der Waals surface area contributed by atoms with Crippen LogP contribution in [0.2, 0.25) is 0 Å². The lowest BCUT2D eigenvalue weighted by Gasteiger charge is -2.25. The number of nitrogens with zero attached hydrogens (tertiary/aromatic N) is 1. The molecule has 142 valence electrons. The number of aromatic hydroxyl groups is 1. The van der Waals surface area contributed by atoms with Gasteiger partial charge in [-0.1, -0.05) is 72.3 Å². The van der Waals surface area contributed by atoms with Crippen LogP contribution in [0.5, 0.6) is 5.75 Å². The molecule has 0 bridgehead atoms. The van der Waals surface area contributed by atoms with E-state index in [1.54, 1.807) is 29.5 Å². The Labute approximate surface area is 170 Å². The molecular weight excluding hydrogens is 354 g/mol. The molecular formula is C27H23NO. The number of rotatable bonds is 0. The van der Waals surface area contributed by atoms with Gasteiger partial charge in [-0.05, 0) is 65.3 Å². The minimum atomic E-state index is 0.239. The minimum absolute atomic E-state index is 0.239. The highest BCUT2D eigenvalue weighted by molar-refractivity contribution is 5.93. The standard InChI is InChI=1S/C18H16.C9H7NO/c1-3-7-15-13(5-1)9-11-18-16-8-4-2-6-14(16)10-12-17(15)18;11-8-5-1-3-7-4-2-6-10-9(7)8/h1,3-5,7-9,11H,2,6,10,12H2;1-6,11H. The van der Waals surface area contributed by atoms with E-state index in [1.807, 2.05) is 18.2 Å². The zero-order chi connectivity index (χ0) is 19.6. The molecule has 29 heavy (non-hydrogen) atoms. The Morgan fingerprint density at radius 3 is 2.55 bits per heavy atom. The largest absolute Gasteiger partial charge is 0.506 e. The van der Waals surface area contributed by atoms with E-state index >= 15 is 0 Å². The maximum absolute atomic E-state index is 9.31. The SMILES string of the molecule is C1=CC2=C(CC1)CCc1c2ccc2ccccc12.Oc1cccc2cccnc12. The van der Waals surface area contributed by atoms with Crippen molar-refractivity contribution in [2.24, 2.45) is 0 Å². The van der Waals surface area contributed by atoms with Crippen LogP contribution in [0.25, 0.3) is 27.2 Å². The highest BCUT2D eigenvalue weighted by Gasteiger charge is 2.20. The summed E-state index contributed by atoms with van der Waals surface area (Å²) in [4.78, 5) is 4.03. The average Bonchev–Trinajstić information content (AvgIpc) is 2.79. The van der Waals surface area contributed by atoms with Crippen LogP contribution < -0.4 is 0 Å². The van der Waals surface area contributed by atoms with E-state index in [0.717, 1.165) is 5.39 Å². The van der Waals surface area contributed by atoms with E-state index in [9.17, 15) is 5.11 Å². The third-order valence-corrected chi connectivity index (χ3v) is 5.90. The van der Waals surface area contributed by atoms with Crippen LogP contribution in [0.4, 0.5) is 0 Å². The van der Waals surface area contributed by atoms with Crippen molar-refractivity contribution in [2.75, 3.05) is 0 Å². The summed E-state index contributed by atoms with van der Waals surface area (Å²) in [6.07, 6.45) is 11.3. The number of aromatic nitrogens is 1. The van der Waals surface area contributed by atoms with E-state index in [1.165, 1.54) is 47.6 Å². The smallest absolute Gasteiger partial charge is 0.141 e. The second kappa shape index (κ2) is 7.56. The van der Waals surface area contributed by atoms with Crippen LogP contribution in [-0.4, -0.2) is 10.1 Å². The van der Waals surface area contributed by atoms with E-state index in [2.05, 4.69) is 53.5 Å². The maximum atomic E-state index is 9.31. The van der Waals surface area contributed by atoms with Crippen LogP contribution in [-0.2, 0) is 6.42 Å². The minimum Gasteiger partial charge on any atom is -0.506 e. The lowest BCUT2D eigenvalue weighted by atomic mass is 9.80. The molecule has 0 saturated heterocycles. The molecule has 0 atom stereocenters. The van der Waals surface area contributed by atoms with Crippen LogP contribution in [0.1, 0.15) is 30.4 Å². The molecule has 2 heteroatoms. The summed E-state index contributed by atoms with van der Waals surface area (Å²) in [6, 6.07) is 22.5. The highest BCUT2D eigenvalue weighted by atomic mass is 16.3. The fourth-order valence-corrected chi connectivity index (χ4v) is 4.47. The third kappa shape index (κ3) is 3.31. The Hall–Kier alpha value is -3.39. The first-order chi connectivity index (χ1) is 14.3. The number of fused-ring (bicyclic) bond motifs is 5. The van der Waals surface area contributed by atoms with E-state index < -0.39 is 0 Å². The van der Waals surface area contributed by atoms with Crippen LogP contribution in [0.15, 0.2) is 90.7 Å². The first-order valence-corrected chi connectivity index (χ1v) is 10.2. The second-order valence-corrected chi connectivity index (χ2v) is 7.62. The maximum Gasteiger partial charge on any atom is 0.141 e. The summed E-state index contributed by atoms with van der Waals surface area (Å²) in [6.45, 7) is 0. The molecule has 0 saturated carbocycles. The van der Waals surface area contributed by atoms with Gasteiger partial charge in [0.15, 0.2) is 0 Å². The third-order valence-electron chi connectivity index (χ3n) is 5.90. The Bertz CT molecular complexity index is 1260. The zero-order valence-corrected chi connectivity index (χ0v) is 16.3. The topological polar surface area (TPSA) is 33.1 Å². The summed E-state index contributed by atoms with van der Waals surface area (Å²) in [5.41, 5.74) is 6.87. The predicted molar refractivity (Wildman–Crippen MR) is 121 cm³/mol. The Morgan fingerprint density at radius 2 is 1.62 bits per heavy atom. The molecule has 0 aliphatic heterocycles. The molecule has 6 rings (SSSR count). The number of phenolic OH excluding ortho intramolecular Hbond substituents is 1. The molecule has 0 unspecified atom stereocenters. The van der Waals surface area contributed by atoms with Gasteiger partial charge in [0.1, 0.15) is 11.3 Å². The van der Waals surface area contributed by atoms with Crippen molar-refractivity contribution in [3.8, 4) is 5.75 Å². The molecule has 1 heterocycles. The highest BCUT2D eigenvalue weighted by Crippen LogP contribution is 2.39. The normalized spacial score (nSPS) is 14.9. The lowest BCUT2D eigenvalue weighted by Crippen LogP contribution is -2.06. The molecule has 0 spiro atoms. The van der Waals surface area contributed by atoms with Gasteiger partial charge in [0.2, 0.25) is 0 Å². The van der Waals surface area contributed by atoms with Gasteiger partial charge in [0.05, 0.1) is 0 Å². The number of benzene rings is 3. The van der Waals surface area contributed by atoms with Gasteiger partial charge >= 0.3 is 0 Å². The predicted octanol–water partition coefficient (Wildman–Crippen LogP) is 6.83. The van der Waals surface area contributed by atoms with Crippen LogP contribution in [0, 0.1) is 0 Å². The van der Waals surface area contributed by atoms with Gasteiger partial charge in [-0.2, -0.15) is 0 Å². The fourth-order valence-electron chi connectivity index (χ4n) is 4.47. The van der Waals surface area contributed by atoms with Gasteiger partial charge in [0, 0.05) is 11.6 Å². The second-order valence-electron chi connectivity index (χ2n) is 7.62. The zero-order valence-electron chi connectivity index (χ0n) is 16.3. The van der Waals surface area contributed by atoms with Gasteiger partial charge in [-0.15, -0.1) is 0 Å². The van der Waals surface area contributed by atoms with Gasteiger partial charge in [0.25, 0.3) is 0 Å². The van der Waals surface area contributed by atoms with E-state index in [-0.39, 0.29) is 5.75 Å². The molecule has 0 radical (unpaired) electrons. The lowest BCUT2D eigenvalue weighted by molar-refractivity contribution is 0.480. The first-order valence-electron chi connectivity index (χ1n) is 10.2. The molecule has 1 N–H and O–H groups in total. The quantitative estimate of drug-likeness (QED) is 0.364. The van der Waals surface area contributed by atoms with Gasteiger partial charge in [-0.3, -0.25) is 4.98 Å². The summed E-state index contributed by atoms with van der Waals surface area (Å²) in [7, 11) is 0. The number of hydrogen-bond donors (Lipinski definition) is 1. The van der Waals surface area contributed by atoms with Gasteiger partial charge in [-0.25, -0.2) is 0 Å². The summed E-state index contributed by atoms with van der Waals surface area (Å²) >= 11 is 0. The molecule has 0 fully saturated rings. The van der Waals surface area contributed by atoms with Crippen molar-refractivity contribution in [1.82, 2.24) is 4.98 Å². The summed E-state index contributed by atoms with van der Waals surface area (Å²) in [5, 5.41) is 13.1. The number of hydrogen-bond acceptors (Lipinski definition) is 2. The monoisotopic (exact) mass is 377 g/mol. The molecule has 2 aliphatic carbocycles. The van der Waals surface area contributed by atoms with Crippen molar-refractivity contribution in [1.29, 1.82) is 0 Å². The van der Waals surface area contributed by atoms with Crippen molar-refractivity contribution >= 4 is 27.2 Å². The number of para-hydroxylation sites is 1. The number of aryl methyl sites for hydroxylation is 1. The molecule has 4 aromatic rings. The Morgan fingerprint density at radius 1 is 0.759 bits per heavy atom. The van der Waals surface area contributed by atoms with Crippen LogP contribution >= 0.6 is 0 Å². The molecule has 2 aliphatic rings. The number of allylic oxidation sites excluding steroid dienone is 4. The van der Waals surface area contributed by atoms with Crippen LogP contribution in [0.3, 0.4) is 0 Å². The molecule has 3 aromatic carbocycles. The van der Waals surface area contributed by atoms with Crippen molar-refractivity contribution < 1.29 is 5.11 Å². The summed E-state index contributed by atoms with van der Waals surface area (Å²) in [5.74, 6) is 0.239.